The second kappa shape index (κ2) is 7.61. The van der Waals surface area contributed by atoms with Gasteiger partial charge in [0.15, 0.2) is 11.6 Å². The third kappa shape index (κ3) is 3.88. The van der Waals surface area contributed by atoms with Gasteiger partial charge in [0, 0.05) is 11.6 Å². The van der Waals surface area contributed by atoms with Crippen molar-refractivity contribution >= 4 is 23.5 Å². The third-order valence-corrected chi connectivity index (χ3v) is 5.09. The smallest absolute Gasteiger partial charge is 0.239 e. The average Bonchev–Trinajstić information content (AvgIpc) is 3.19. The van der Waals surface area contributed by atoms with Crippen molar-refractivity contribution in [1.29, 1.82) is 0 Å². The molecule has 26 heavy (non-hydrogen) atoms. The lowest BCUT2D eigenvalue weighted by Crippen LogP contribution is -2.25. The predicted molar refractivity (Wildman–Crippen MR) is 100 cm³/mol. The maximum atomic E-state index is 12.5. The summed E-state index contributed by atoms with van der Waals surface area (Å²) in [4.78, 5) is 12.5. The van der Waals surface area contributed by atoms with Crippen LogP contribution in [0.5, 0.6) is 0 Å². The molecule has 0 radical (unpaired) electrons. The SMILES string of the molecule is CCC(Sc1nnc(-c2ccc(C)cc2)n1N)C(=O)Nc1cc(C)on1. The van der Waals surface area contributed by atoms with E-state index in [1.807, 2.05) is 38.1 Å². The Balaban J connectivity index is 1.74. The van der Waals surface area contributed by atoms with E-state index >= 15 is 0 Å². The zero-order valence-corrected chi connectivity index (χ0v) is 15.6. The highest BCUT2D eigenvalue weighted by Gasteiger charge is 2.23. The quantitative estimate of drug-likeness (QED) is 0.505. The monoisotopic (exact) mass is 372 g/mol. The number of rotatable bonds is 6. The summed E-state index contributed by atoms with van der Waals surface area (Å²) in [5.74, 6) is 7.53. The predicted octanol–water partition coefficient (Wildman–Crippen LogP) is 2.77. The standard InChI is InChI=1S/C17H20N6O2S/c1-4-13(16(24)19-14-9-11(3)25-22-14)26-17-21-20-15(23(17)18)12-7-5-10(2)6-8-12/h5-9,13H,4,18H2,1-3H3,(H,19,22,24). The van der Waals surface area contributed by atoms with Crippen LogP contribution in [0, 0.1) is 13.8 Å². The number of carbonyl (C=O) groups is 1. The summed E-state index contributed by atoms with van der Waals surface area (Å²) < 4.78 is 6.37. The molecule has 0 saturated carbocycles. The minimum atomic E-state index is -0.385. The Kier molecular flexibility index (Phi) is 5.27. The number of anilines is 1. The van der Waals surface area contributed by atoms with Crippen LogP contribution in [0.4, 0.5) is 5.82 Å². The fourth-order valence-electron chi connectivity index (χ4n) is 2.34. The number of nitrogens with two attached hydrogens (primary N) is 1. The van der Waals surface area contributed by atoms with E-state index in [0.717, 1.165) is 11.1 Å². The molecule has 8 nitrogen and oxygen atoms in total. The number of amides is 1. The van der Waals surface area contributed by atoms with Gasteiger partial charge in [-0.25, -0.2) is 4.68 Å². The van der Waals surface area contributed by atoms with Crippen LogP contribution in [-0.4, -0.2) is 31.2 Å². The number of hydrogen-bond acceptors (Lipinski definition) is 7. The number of thioether (sulfide) groups is 1. The van der Waals surface area contributed by atoms with E-state index < -0.39 is 0 Å². The molecular formula is C17H20N6O2S. The van der Waals surface area contributed by atoms with E-state index in [1.165, 1.54) is 16.4 Å². The van der Waals surface area contributed by atoms with Crippen molar-refractivity contribution in [3.05, 3.63) is 41.7 Å². The van der Waals surface area contributed by atoms with Gasteiger partial charge in [0.25, 0.3) is 0 Å². The number of benzene rings is 1. The molecule has 3 rings (SSSR count). The zero-order valence-electron chi connectivity index (χ0n) is 14.8. The largest absolute Gasteiger partial charge is 0.360 e. The molecule has 1 unspecified atom stereocenters. The second-order valence-electron chi connectivity index (χ2n) is 5.87. The molecular weight excluding hydrogens is 352 g/mol. The van der Waals surface area contributed by atoms with E-state index in [2.05, 4.69) is 20.7 Å². The van der Waals surface area contributed by atoms with Gasteiger partial charge in [0.2, 0.25) is 11.1 Å². The minimum Gasteiger partial charge on any atom is -0.360 e. The van der Waals surface area contributed by atoms with Gasteiger partial charge in [-0.3, -0.25) is 4.79 Å². The van der Waals surface area contributed by atoms with Crippen LogP contribution in [0.1, 0.15) is 24.7 Å². The normalized spacial score (nSPS) is 12.1. The molecule has 1 aromatic carbocycles. The van der Waals surface area contributed by atoms with E-state index in [-0.39, 0.29) is 11.2 Å². The van der Waals surface area contributed by atoms with Crippen LogP contribution in [0.2, 0.25) is 0 Å². The summed E-state index contributed by atoms with van der Waals surface area (Å²) in [7, 11) is 0. The molecule has 0 saturated heterocycles. The molecule has 0 aliphatic carbocycles. The van der Waals surface area contributed by atoms with Crippen molar-refractivity contribution < 1.29 is 9.32 Å². The highest BCUT2D eigenvalue weighted by atomic mass is 32.2. The van der Waals surface area contributed by atoms with E-state index in [1.54, 1.807) is 13.0 Å². The van der Waals surface area contributed by atoms with Gasteiger partial charge in [-0.15, -0.1) is 10.2 Å². The van der Waals surface area contributed by atoms with E-state index in [4.69, 9.17) is 10.4 Å². The highest BCUT2D eigenvalue weighted by molar-refractivity contribution is 8.00. The zero-order chi connectivity index (χ0) is 18.7. The molecule has 0 aliphatic heterocycles. The molecule has 9 heteroatoms. The lowest BCUT2D eigenvalue weighted by atomic mass is 10.1. The van der Waals surface area contributed by atoms with Crippen LogP contribution in [0.3, 0.4) is 0 Å². The van der Waals surface area contributed by atoms with Crippen molar-refractivity contribution in [3.63, 3.8) is 0 Å². The Hall–Kier alpha value is -2.81. The van der Waals surface area contributed by atoms with Crippen molar-refractivity contribution in [2.75, 3.05) is 11.2 Å². The Bertz CT molecular complexity index is 902. The molecule has 2 aromatic heterocycles. The van der Waals surface area contributed by atoms with Gasteiger partial charge >= 0.3 is 0 Å². The number of nitrogens with zero attached hydrogens (tertiary/aromatic N) is 4. The highest BCUT2D eigenvalue weighted by Crippen LogP contribution is 2.27. The fraction of sp³-hybridized carbons (Fsp3) is 0.294. The fourth-order valence-corrected chi connectivity index (χ4v) is 3.21. The number of nitrogens with one attached hydrogen (secondary N) is 1. The molecule has 1 amide bonds. The molecule has 3 N–H and O–H groups in total. The first kappa shape index (κ1) is 18.0. The van der Waals surface area contributed by atoms with Gasteiger partial charge in [-0.1, -0.05) is 53.7 Å². The number of aromatic nitrogens is 4. The second-order valence-corrected chi connectivity index (χ2v) is 7.04. The molecule has 0 bridgehead atoms. The van der Waals surface area contributed by atoms with Crippen molar-refractivity contribution in [2.45, 2.75) is 37.6 Å². The first-order valence-electron chi connectivity index (χ1n) is 8.16. The third-order valence-electron chi connectivity index (χ3n) is 3.76. The van der Waals surface area contributed by atoms with Gasteiger partial charge in [-0.2, -0.15) is 0 Å². The first-order chi connectivity index (χ1) is 12.5. The van der Waals surface area contributed by atoms with Crippen LogP contribution < -0.4 is 11.2 Å². The lowest BCUT2D eigenvalue weighted by molar-refractivity contribution is -0.115. The Morgan fingerprint density at radius 3 is 2.65 bits per heavy atom. The maximum Gasteiger partial charge on any atom is 0.239 e. The molecule has 0 fully saturated rings. The maximum absolute atomic E-state index is 12.5. The van der Waals surface area contributed by atoms with Crippen molar-refractivity contribution in [1.82, 2.24) is 20.0 Å². The minimum absolute atomic E-state index is 0.189. The number of aryl methyl sites for hydroxylation is 2. The lowest BCUT2D eigenvalue weighted by Gasteiger charge is -2.12. The molecule has 3 aromatic rings. The summed E-state index contributed by atoms with van der Waals surface area (Å²) in [6.45, 7) is 5.70. The number of nitrogen functional groups attached to an aromatic ring is 1. The van der Waals surface area contributed by atoms with Crippen LogP contribution >= 0.6 is 11.8 Å². The number of hydrogen-bond donors (Lipinski definition) is 2. The Labute approximate surface area is 155 Å². The Morgan fingerprint density at radius 2 is 2.04 bits per heavy atom. The van der Waals surface area contributed by atoms with Gasteiger partial charge in [-0.05, 0) is 20.3 Å². The number of carbonyl (C=O) groups excluding carboxylic acids is 1. The van der Waals surface area contributed by atoms with E-state index in [0.29, 0.717) is 29.0 Å². The summed E-state index contributed by atoms with van der Waals surface area (Å²) >= 11 is 1.26. The molecule has 0 spiro atoms. The summed E-state index contributed by atoms with van der Waals surface area (Å²) in [5.41, 5.74) is 2.02. The first-order valence-corrected chi connectivity index (χ1v) is 9.04. The van der Waals surface area contributed by atoms with E-state index in [9.17, 15) is 4.79 Å². The summed E-state index contributed by atoms with van der Waals surface area (Å²) in [6, 6.07) is 9.51. The Morgan fingerprint density at radius 1 is 1.31 bits per heavy atom. The summed E-state index contributed by atoms with van der Waals surface area (Å²) in [6.07, 6.45) is 0.597. The summed E-state index contributed by atoms with van der Waals surface area (Å²) in [5, 5.41) is 14.9. The van der Waals surface area contributed by atoms with Crippen molar-refractivity contribution in [3.8, 4) is 11.4 Å². The molecule has 0 aliphatic rings. The topological polar surface area (TPSA) is 112 Å². The molecule has 2 heterocycles. The average molecular weight is 372 g/mol. The molecule has 136 valence electrons. The van der Waals surface area contributed by atoms with Crippen LogP contribution in [0.25, 0.3) is 11.4 Å². The van der Waals surface area contributed by atoms with Crippen LogP contribution in [-0.2, 0) is 4.79 Å². The van der Waals surface area contributed by atoms with Gasteiger partial charge in [0.1, 0.15) is 5.76 Å². The van der Waals surface area contributed by atoms with Gasteiger partial charge < -0.3 is 15.7 Å². The van der Waals surface area contributed by atoms with Crippen molar-refractivity contribution in [2.24, 2.45) is 0 Å². The van der Waals surface area contributed by atoms with Crippen LogP contribution in [0.15, 0.2) is 40.0 Å². The van der Waals surface area contributed by atoms with Gasteiger partial charge in [0.05, 0.1) is 5.25 Å². The molecule has 1 atom stereocenters.